The Bertz CT molecular complexity index is 613. The third-order valence-corrected chi connectivity index (χ3v) is 4.97. The highest BCUT2D eigenvalue weighted by atomic mass is 32.2. The Kier molecular flexibility index (Phi) is 5.55. The van der Waals surface area contributed by atoms with Crippen molar-refractivity contribution in [2.45, 2.75) is 43.2 Å². The van der Waals surface area contributed by atoms with Gasteiger partial charge in [0.25, 0.3) is 0 Å². The Morgan fingerprint density at radius 1 is 1.27 bits per heavy atom. The summed E-state index contributed by atoms with van der Waals surface area (Å²) >= 11 is 0. The predicted octanol–water partition coefficient (Wildman–Crippen LogP) is 0.825. The van der Waals surface area contributed by atoms with Crippen molar-refractivity contribution < 1.29 is 13.2 Å². The number of nitrogens with one attached hydrogen (secondary N) is 1. The smallest absolute Gasteiger partial charge is 0.238 e. The van der Waals surface area contributed by atoms with Crippen molar-refractivity contribution in [1.82, 2.24) is 10.2 Å². The van der Waals surface area contributed by atoms with E-state index in [9.17, 15) is 13.2 Å². The number of primary sulfonamides is 1. The van der Waals surface area contributed by atoms with Crippen LogP contribution in [0.2, 0.25) is 0 Å². The quantitative estimate of drug-likeness (QED) is 0.857. The molecular weight excluding hydrogens is 302 g/mol. The van der Waals surface area contributed by atoms with E-state index in [1.54, 1.807) is 12.1 Å². The van der Waals surface area contributed by atoms with E-state index in [1.165, 1.54) is 18.6 Å². The van der Waals surface area contributed by atoms with Crippen molar-refractivity contribution in [1.29, 1.82) is 0 Å². The third-order valence-electron chi connectivity index (χ3n) is 4.04. The van der Waals surface area contributed by atoms with Crippen molar-refractivity contribution in [3.8, 4) is 0 Å². The van der Waals surface area contributed by atoms with Crippen LogP contribution in [0.3, 0.4) is 0 Å². The van der Waals surface area contributed by atoms with Crippen LogP contribution in [-0.2, 0) is 21.4 Å². The molecule has 1 atom stereocenters. The third kappa shape index (κ3) is 4.53. The van der Waals surface area contributed by atoms with Gasteiger partial charge in [0.1, 0.15) is 0 Å². The van der Waals surface area contributed by atoms with Gasteiger partial charge in [-0.2, -0.15) is 0 Å². The lowest BCUT2D eigenvalue weighted by molar-refractivity contribution is -0.126. The Labute approximate surface area is 131 Å². The second-order valence-corrected chi connectivity index (χ2v) is 7.31. The van der Waals surface area contributed by atoms with Crippen molar-refractivity contribution in [3.05, 3.63) is 29.8 Å². The van der Waals surface area contributed by atoms with Crippen molar-refractivity contribution in [3.63, 3.8) is 0 Å². The zero-order chi connectivity index (χ0) is 16.2. The summed E-state index contributed by atoms with van der Waals surface area (Å²) in [5, 5.41) is 7.98. The van der Waals surface area contributed by atoms with Crippen LogP contribution in [-0.4, -0.2) is 38.9 Å². The largest absolute Gasteiger partial charge is 0.351 e. The number of nitrogens with zero attached hydrogens (tertiary/aromatic N) is 1. The number of benzene rings is 1. The normalized spacial score (nSPS) is 20.4. The topological polar surface area (TPSA) is 92.5 Å². The number of hydrogen-bond acceptors (Lipinski definition) is 4. The summed E-state index contributed by atoms with van der Waals surface area (Å²) in [6, 6.07) is 6.16. The first-order valence-electron chi connectivity index (χ1n) is 7.47. The molecule has 1 aromatic carbocycles. The number of likely N-dealkylation sites (N-methyl/N-ethyl adjacent to an activating group) is 1. The molecule has 22 heavy (non-hydrogen) atoms. The Balaban J connectivity index is 1.93. The van der Waals surface area contributed by atoms with Crippen LogP contribution in [0, 0.1) is 0 Å². The molecular formula is C15H23N3O3S. The Morgan fingerprint density at radius 3 is 2.59 bits per heavy atom. The fourth-order valence-electron chi connectivity index (χ4n) is 2.69. The summed E-state index contributed by atoms with van der Waals surface area (Å²) in [4.78, 5) is 14.5. The van der Waals surface area contributed by atoms with E-state index >= 15 is 0 Å². The Morgan fingerprint density at radius 2 is 1.95 bits per heavy atom. The maximum absolute atomic E-state index is 12.3. The molecule has 0 spiro atoms. The lowest BCUT2D eigenvalue weighted by Crippen LogP contribution is -2.44. The molecule has 0 bridgehead atoms. The number of rotatable bonds is 4. The molecule has 1 aromatic rings. The molecule has 1 aliphatic rings. The lowest BCUT2D eigenvalue weighted by atomic mass is 10.1. The molecule has 0 saturated carbocycles. The fraction of sp³-hybridized carbons (Fsp3) is 0.533. The minimum absolute atomic E-state index is 0.0277. The van der Waals surface area contributed by atoms with Gasteiger partial charge >= 0.3 is 0 Å². The van der Waals surface area contributed by atoms with E-state index in [4.69, 9.17) is 5.14 Å². The van der Waals surface area contributed by atoms with Crippen LogP contribution in [0.5, 0.6) is 0 Å². The molecule has 2 rings (SSSR count). The number of nitrogens with two attached hydrogens (primary N) is 1. The highest BCUT2D eigenvalue weighted by Gasteiger charge is 2.24. The van der Waals surface area contributed by atoms with Gasteiger partial charge in [-0.05, 0) is 44.1 Å². The first-order valence-corrected chi connectivity index (χ1v) is 9.02. The molecule has 7 heteroatoms. The molecule has 1 amide bonds. The van der Waals surface area contributed by atoms with Crippen molar-refractivity contribution >= 4 is 15.9 Å². The summed E-state index contributed by atoms with van der Waals surface area (Å²) < 4.78 is 22.4. The van der Waals surface area contributed by atoms with E-state index in [0.717, 1.165) is 31.4 Å². The monoisotopic (exact) mass is 325 g/mol. The minimum atomic E-state index is -3.67. The van der Waals surface area contributed by atoms with E-state index in [-0.39, 0.29) is 16.8 Å². The van der Waals surface area contributed by atoms with Crippen molar-refractivity contribution in [2.75, 3.05) is 13.6 Å². The summed E-state index contributed by atoms with van der Waals surface area (Å²) in [6.07, 6.45) is 4.26. The maximum Gasteiger partial charge on any atom is 0.238 e. The van der Waals surface area contributed by atoms with Gasteiger partial charge in [0.05, 0.1) is 10.9 Å². The van der Waals surface area contributed by atoms with Crippen molar-refractivity contribution in [2.24, 2.45) is 5.14 Å². The molecule has 1 fully saturated rings. The summed E-state index contributed by atoms with van der Waals surface area (Å²) in [6.45, 7) is 1.33. The number of likely N-dealkylation sites (tertiary alicyclic amines) is 1. The van der Waals surface area contributed by atoms with Gasteiger partial charge in [-0.15, -0.1) is 0 Å². The number of hydrogen-bond donors (Lipinski definition) is 2. The number of carbonyl (C=O) groups is 1. The Hall–Kier alpha value is -1.44. The maximum atomic E-state index is 12.3. The standard InChI is InChI=1S/C15H23N3O3S/c1-18-10-4-2-3-5-14(18)15(19)17-11-12-6-8-13(9-7-12)22(16,20)21/h6-9,14H,2-5,10-11H2,1H3,(H,17,19)(H2,16,20,21)/t14-/m0/s1. The van der Waals surface area contributed by atoms with Crippen LogP contribution in [0.1, 0.15) is 31.2 Å². The van der Waals surface area contributed by atoms with Gasteiger partial charge in [0.2, 0.25) is 15.9 Å². The second kappa shape index (κ2) is 7.21. The van der Waals surface area contributed by atoms with E-state index in [1.807, 2.05) is 7.05 Å². The fourth-order valence-corrected chi connectivity index (χ4v) is 3.20. The first kappa shape index (κ1) is 16.9. The average Bonchev–Trinajstić information content (AvgIpc) is 2.69. The van der Waals surface area contributed by atoms with Gasteiger partial charge in [-0.1, -0.05) is 25.0 Å². The van der Waals surface area contributed by atoms with Gasteiger partial charge in [0.15, 0.2) is 0 Å². The molecule has 1 heterocycles. The zero-order valence-electron chi connectivity index (χ0n) is 12.8. The molecule has 0 aliphatic carbocycles. The molecule has 122 valence electrons. The lowest BCUT2D eigenvalue weighted by Gasteiger charge is -2.24. The second-order valence-electron chi connectivity index (χ2n) is 5.75. The van der Waals surface area contributed by atoms with E-state index < -0.39 is 10.0 Å². The predicted molar refractivity (Wildman–Crippen MR) is 84.5 cm³/mol. The molecule has 0 aromatic heterocycles. The highest BCUT2D eigenvalue weighted by molar-refractivity contribution is 7.89. The molecule has 1 aliphatic heterocycles. The zero-order valence-corrected chi connectivity index (χ0v) is 13.6. The average molecular weight is 325 g/mol. The number of sulfonamides is 1. The van der Waals surface area contributed by atoms with Crippen LogP contribution < -0.4 is 10.5 Å². The SMILES string of the molecule is CN1CCCCC[C@H]1C(=O)NCc1ccc(S(N)(=O)=O)cc1. The van der Waals surface area contributed by atoms with Gasteiger partial charge in [-0.25, -0.2) is 13.6 Å². The summed E-state index contributed by atoms with van der Waals surface area (Å²) in [5.41, 5.74) is 0.844. The number of amides is 1. The molecule has 3 N–H and O–H groups in total. The van der Waals surface area contributed by atoms with Gasteiger partial charge in [0, 0.05) is 6.54 Å². The van der Waals surface area contributed by atoms with E-state index in [0.29, 0.717) is 6.54 Å². The minimum Gasteiger partial charge on any atom is -0.351 e. The highest BCUT2D eigenvalue weighted by Crippen LogP contribution is 2.15. The van der Waals surface area contributed by atoms with Crippen LogP contribution in [0.4, 0.5) is 0 Å². The molecule has 0 radical (unpaired) electrons. The first-order chi connectivity index (χ1) is 10.4. The van der Waals surface area contributed by atoms with Crippen LogP contribution >= 0.6 is 0 Å². The van der Waals surface area contributed by atoms with Gasteiger partial charge in [-0.3, -0.25) is 9.69 Å². The summed E-state index contributed by atoms with van der Waals surface area (Å²) in [5.74, 6) is 0.0277. The number of carbonyl (C=O) groups excluding carboxylic acids is 1. The molecule has 0 unspecified atom stereocenters. The van der Waals surface area contributed by atoms with Gasteiger partial charge < -0.3 is 5.32 Å². The molecule has 1 saturated heterocycles. The summed E-state index contributed by atoms with van der Waals surface area (Å²) in [7, 11) is -1.69. The van der Waals surface area contributed by atoms with Crippen LogP contribution in [0.15, 0.2) is 29.2 Å². The van der Waals surface area contributed by atoms with E-state index in [2.05, 4.69) is 10.2 Å². The molecule has 6 nitrogen and oxygen atoms in total. The van der Waals surface area contributed by atoms with Crippen LogP contribution in [0.25, 0.3) is 0 Å².